The van der Waals surface area contributed by atoms with Crippen molar-refractivity contribution in [2.75, 3.05) is 27.2 Å². The van der Waals surface area contributed by atoms with Crippen LogP contribution in [0.1, 0.15) is 18.5 Å². The molecule has 0 unspecified atom stereocenters. The number of likely N-dealkylation sites (N-methyl/N-ethyl adjacent to an activating group) is 1. The largest absolute Gasteiger partial charge is 0.335 e. The van der Waals surface area contributed by atoms with E-state index in [1.807, 2.05) is 60.9 Å². The van der Waals surface area contributed by atoms with Crippen molar-refractivity contribution in [2.45, 2.75) is 19.5 Å². The molecule has 0 saturated heterocycles. The van der Waals surface area contributed by atoms with E-state index in [1.165, 1.54) is 0 Å². The summed E-state index contributed by atoms with van der Waals surface area (Å²) in [5, 5.41) is 0.685. The summed E-state index contributed by atoms with van der Waals surface area (Å²) in [6.07, 6.45) is 5.17. The van der Waals surface area contributed by atoms with Crippen LogP contribution in [-0.2, 0) is 11.3 Å². The van der Waals surface area contributed by atoms with Crippen molar-refractivity contribution in [3.8, 4) is 0 Å². The van der Waals surface area contributed by atoms with Crippen LogP contribution < -0.4 is 0 Å². The van der Waals surface area contributed by atoms with Gasteiger partial charge in [0, 0.05) is 37.1 Å². The van der Waals surface area contributed by atoms with Crippen LogP contribution in [-0.4, -0.2) is 52.4 Å². The van der Waals surface area contributed by atoms with Crippen molar-refractivity contribution in [3.63, 3.8) is 0 Å². The number of amides is 1. The van der Waals surface area contributed by atoms with Gasteiger partial charge in [-0.1, -0.05) is 23.7 Å². The van der Waals surface area contributed by atoms with Crippen LogP contribution in [0, 0.1) is 0 Å². The molecule has 0 N–H and O–H groups in total. The fourth-order valence-electron chi connectivity index (χ4n) is 2.33. The topological polar surface area (TPSA) is 41.4 Å². The molecule has 0 bridgehead atoms. The highest BCUT2D eigenvalue weighted by Crippen LogP contribution is 2.16. The van der Waals surface area contributed by atoms with Crippen molar-refractivity contribution < 1.29 is 4.79 Å². The Kier molecular flexibility index (Phi) is 6.19. The van der Waals surface area contributed by atoms with Gasteiger partial charge >= 0.3 is 0 Å². The van der Waals surface area contributed by atoms with Crippen LogP contribution in [0.25, 0.3) is 0 Å². The van der Waals surface area contributed by atoms with Gasteiger partial charge in [0.05, 0.1) is 6.33 Å². The molecule has 1 aromatic heterocycles. The summed E-state index contributed by atoms with van der Waals surface area (Å²) >= 11 is 6.06. The highest BCUT2D eigenvalue weighted by Gasteiger charge is 2.22. The van der Waals surface area contributed by atoms with Crippen molar-refractivity contribution in [1.82, 2.24) is 19.4 Å². The number of hydrogen-bond donors (Lipinski definition) is 0. The van der Waals surface area contributed by atoms with E-state index in [9.17, 15) is 4.79 Å². The lowest BCUT2D eigenvalue weighted by Crippen LogP contribution is -2.39. The molecule has 23 heavy (non-hydrogen) atoms. The standard InChI is InChI=1S/C17H23ClN4O/c1-14(22-8-7-19-13-22)17(23)21(10-9-20(2)3)12-15-5-4-6-16(18)11-15/h4-8,11,13-14H,9-10,12H2,1-3H3/t14-/m0/s1. The minimum Gasteiger partial charge on any atom is -0.335 e. The Hall–Kier alpha value is -1.85. The number of rotatable bonds is 7. The fraction of sp³-hybridized carbons (Fsp3) is 0.412. The molecule has 0 radical (unpaired) electrons. The predicted molar refractivity (Wildman–Crippen MR) is 92.4 cm³/mol. The number of nitrogens with zero attached hydrogens (tertiary/aromatic N) is 4. The van der Waals surface area contributed by atoms with Crippen LogP contribution >= 0.6 is 11.6 Å². The molecular formula is C17H23ClN4O. The smallest absolute Gasteiger partial charge is 0.245 e. The quantitative estimate of drug-likeness (QED) is 0.781. The second-order valence-corrected chi connectivity index (χ2v) is 6.32. The first kappa shape index (κ1) is 17.5. The van der Waals surface area contributed by atoms with Crippen LogP contribution in [0.15, 0.2) is 43.0 Å². The van der Waals surface area contributed by atoms with Crippen LogP contribution in [0.4, 0.5) is 0 Å². The van der Waals surface area contributed by atoms with Gasteiger partial charge in [-0.25, -0.2) is 4.98 Å². The Morgan fingerprint density at radius 3 is 2.74 bits per heavy atom. The van der Waals surface area contributed by atoms with Crippen molar-refractivity contribution >= 4 is 17.5 Å². The number of carbonyl (C=O) groups excluding carboxylic acids is 1. The second-order valence-electron chi connectivity index (χ2n) is 5.88. The molecule has 0 fully saturated rings. The third kappa shape index (κ3) is 5.08. The molecule has 5 nitrogen and oxygen atoms in total. The van der Waals surface area contributed by atoms with E-state index in [1.54, 1.807) is 12.5 Å². The number of carbonyl (C=O) groups is 1. The summed E-state index contributed by atoms with van der Waals surface area (Å²) in [5.74, 6) is 0.0739. The molecule has 1 aromatic carbocycles. The maximum atomic E-state index is 12.9. The molecule has 0 aliphatic rings. The first-order valence-corrected chi connectivity index (χ1v) is 8.00. The van der Waals surface area contributed by atoms with Gasteiger partial charge in [-0.05, 0) is 38.7 Å². The molecule has 6 heteroatoms. The predicted octanol–water partition coefficient (Wildman–Crippen LogP) is 2.69. The highest BCUT2D eigenvalue weighted by molar-refractivity contribution is 6.30. The summed E-state index contributed by atoms with van der Waals surface area (Å²) in [4.78, 5) is 20.8. The number of benzene rings is 1. The molecular weight excluding hydrogens is 312 g/mol. The lowest BCUT2D eigenvalue weighted by Gasteiger charge is -2.27. The molecule has 1 amide bonds. The first-order valence-electron chi connectivity index (χ1n) is 7.63. The van der Waals surface area contributed by atoms with Gasteiger partial charge in [-0.2, -0.15) is 0 Å². The van der Waals surface area contributed by atoms with Gasteiger partial charge in [0.2, 0.25) is 5.91 Å². The number of imidazole rings is 1. The van der Waals surface area contributed by atoms with Crippen molar-refractivity contribution in [2.24, 2.45) is 0 Å². The van der Waals surface area contributed by atoms with Gasteiger partial charge in [0.25, 0.3) is 0 Å². The molecule has 1 heterocycles. The van der Waals surface area contributed by atoms with E-state index in [0.29, 0.717) is 18.1 Å². The lowest BCUT2D eigenvalue weighted by atomic mass is 10.2. The minimum atomic E-state index is -0.279. The maximum Gasteiger partial charge on any atom is 0.245 e. The Labute approximate surface area is 142 Å². The van der Waals surface area contributed by atoms with Crippen molar-refractivity contribution in [1.29, 1.82) is 0 Å². The molecule has 124 valence electrons. The maximum absolute atomic E-state index is 12.9. The average molecular weight is 335 g/mol. The summed E-state index contributed by atoms with van der Waals surface area (Å²) in [6, 6.07) is 7.36. The number of aromatic nitrogens is 2. The number of halogens is 1. The monoisotopic (exact) mass is 334 g/mol. The van der Waals surface area contributed by atoms with Crippen LogP contribution in [0.2, 0.25) is 5.02 Å². The molecule has 1 atom stereocenters. The Bertz CT molecular complexity index is 627. The first-order chi connectivity index (χ1) is 11.0. The summed E-state index contributed by atoms with van der Waals surface area (Å²) in [5.41, 5.74) is 1.03. The van der Waals surface area contributed by atoms with Gasteiger partial charge in [0.15, 0.2) is 0 Å². The zero-order chi connectivity index (χ0) is 16.8. The Morgan fingerprint density at radius 2 is 2.13 bits per heavy atom. The van der Waals surface area contributed by atoms with Crippen LogP contribution in [0.5, 0.6) is 0 Å². The zero-order valence-corrected chi connectivity index (χ0v) is 14.6. The molecule has 0 aliphatic heterocycles. The van der Waals surface area contributed by atoms with Gasteiger partial charge in [-0.15, -0.1) is 0 Å². The second kappa shape index (κ2) is 8.13. The fourth-order valence-corrected chi connectivity index (χ4v) is 2.55. The Balaban J connectivity index is 2.14. The third-order valence-electron chi connectivity index (χ3n) is 3.72. The van der Waals surface area contributed by atoms with E-state index in [2.05, 4.69) is 9.88 Å². The normalized spacial score (nSPS) is 12.4. The van der Waals surface area contributed by atoms with Crippen LogP contribution in [0.3, 0.4) is 0 Å². The van der Waals surface area contributed by atoms with Crippen molar-refractivity contribution in [3.05, 3.63) is 53.6 Å². The average Bonchev–Trinajstić information content (AvgIpc) is 3.04. The highest BCUT2D eigenvalue weighted by atomic mass is 35.5. The molecule has 2 rings (SSSR count). The molecule has 0 aliphatic carbocycles. The van der Waals surface area contributed by atoms with E-state index in [0.717, 1.165) is 12.1 Å². The van der Waals surface area contributed by atoms with Gasteiger partial charge < -0.3 is 14.4 Å². The minimum absolute atomic E-state index is 0.0739. The van der Waals surface area contributed by atoms with E-state index >= 15 is 0 Å². The van der Waals surface area contributed by atoms with Gasteiger partial charge in [-0.3, -0.25) is 4.79 Å². The molecule has 2 aromatic rings. The molecule has 0 spiro atoms. The van der Waals surface area contributed by atoms with E-state index in [4.69, 9.17) is 11.6 Å². The zero-order valence-electron chi connectivity index (χ0n) is 13.8. The lowest BCUT2D eigenvalue weighted by molar-refractivity contribution is -0.135. The van der Waals surface area contributed by atoms with E-state index in [-0.39, 0.29) is 11.9 Å². The molecule has 0 saturated carbocycles. The summed E-state index contributed by atoms with van der Waals surface area (Å²) in [6.45, 7) is 3.91. The summed E-state index contributed by atoms with van der Waals surface area (Å²) < 4.78 is 1.82. The number of hydrogen-bond acceptors (Lipinski definition) is 3. The third-order valence-corrected chi connectivity index (χ3v) is 3.96. The van der Waals surface area contributed by atoms with E-state index < -0.39 is 0 Å². The van der Waals surface area contributed by atoms with Gasteiger partial charge in [0.1, 0.15) is 6.04 Å². The Morgan fingerprint density at radius 1 is 1.35 bits per heavy atom. The summed E-state index contributed by atoms with van der Waals surface area (Å²) in [7, 11) is 4.00. The SMILES string of the molecule is C[C@@H](C(=O)N(CCN(C)C)Cc1cccc(Cl)c1)n1ccnc1.